The maximum absolute atomic E-state index is 12.8. The van der Waals surface area contributed by atoms with Gasteiger partial charge >= 0.3 is 0 Å². The SMILES string of the molecule is N#Cc1ccc2c(c1)[nH]c1c(NC3CC3)c(C(=O)NC3CC(O)C3)cnc12. The van der Waals surface area contributed by atoms with Crippen molar-refractivity contribution in [3.05, 3.63) is 35.5 Å². The van der Waals surface area contributed by atoms with Crippen molar-refractivity contribution < 1.29 is 9.90 Å². The second kappa shape index (κ2) is 5.96. The molecular weight excluding hydrogens is 342 g/mol. The van der Waals surface area contributed by atoms with Crippen molar-refractivity contribution in [3.63, 3.8) is 0 Å². The largest absolute Gasteiger partial charge is 0.393 e. The summed E-state index contributed by atoms with van der Waals surface area (Å²) in [5.74, 6) is -0.180. The number of rotatable bonds is 4. The normalized spacial score (nSPS) is 21.6. The van der Waals surface area contributed by atoms with Gasteiger partial charge in [0, 0.05) is 29.2 Å². The van der Waals surface area contributed by atoms with Crippen LogP contribution in [0.5, 0.6) is 0 Å². The Kier molecular flexibility index (Phi) is 3.55. The number of pyridine rings is 1. The molecule has 0 atom stereocenters. The summed E-state index contributed by atoms with van der Waals surface area (Å²) in [6.07, 6.45) is 4.65. The molecule has 27 heavy (non-hydrogen) atoms. The minimum atomic E-state index is -0.317. The van der Waals surface area contributed by atoms with Crippen LogP contribution in [-0.4, -0.2) is 39.2 Å². The molecule has 0 saturated heterocycles. The molecule has 0 aliphatic heterocycles. The fourth-order valence-electron chi connectivity index (χ4n) is 3.62. The molecule has 2 aliphatic carbocycles. The molecule has 4 N–H and O–H groups in total. The number of nitrogens with zero attached hydrogens (tertiary/aromatic N) is 2. The topological polar surface area (TPSA) is 114 Å². The first kappa shape index (κ1) is 16.1. The fourth-order valence-corrected chi connectivity index (χ4v) is 3.62. The summed E-state index contributed by atoms with van der Waals surface area (Å²) >= 11 is 0. The Labute approximate surface area is 155 Å². The molecule has 1 aromatic carbocycles. The van der Waals surface area contributed by atoms with Crippen LogP contribution in [0, 0.1) is 11.3 Å². The third-order valence-corrected chi connectivity index (χ3v) is 5.36. The Morgan fingerprint density at radius 1 is 1.30 bits per heavy atom. The van der Waals surface area contributed by atoms with E-state index in [1.807, 2.05) is 6.07 Å². The van der Waals surface area contributed by atoms with Gasteiger partial charge in [0.15, 0.2) is 0 Å². The lowest BCUT2D eigenvalue weighted by molar-refractivity contribution is 0.0563. The number of hydrogen-bond acceptors (Lipinski definition) is 5. The second-order valence-corrected chi connectivity index (χ2v) is 7.48. The lowest BCUT2D eigenvalue weighted by atomic mass is 9.89. The maximum Gasteiger partial charge on any atom is 0.255 e. The van der Waals surface area contributed by atoms with Crippen molar-refractivity contribution in [2.75, 3.05) is 5.32 Å². The minimum Gasteiger partial charge on any atom is -0.393 e. The summed E-state index contributed by atoms with van der Waals surface area (Å²) in [6, 6.07) is 7.98. The number of aliphatic hydroxyl groups excluding tert-OH is 1. The average molecular weight is 361 g/mol. The van der Waals surface area contributed by atoms with E-state index in [1.165, 1.54) is 0 Å². The number of amides is 1. The highest BCUT2D eigenvalue weighted by molar-refractivity contribution is 6.14. The first-order valence-electron chi connectivity index (χ1n) is 9.22. The summed E-state index contributed by atoms with van der Waals surface area (Å²) < 4.78 is 0. The number of benzene rings is 1. The Balaban J connectivity index is 1.60. The Morgan fingerprint density at radius 3 is 2.81 bits per heavy atom. The highest BCUT2D eigenvalue weighted by Gasteiger charge is 2.31. The molecule has 5 rings (SSSR count). The Hall–Kier alpha value is -3.11. The van der Waals surface area contributed by atoms with Crippen LogP contribution in [0.25, 0.3) is 21.9 Å². The number of anilines is 1. The van der Waals surface area contributed by atoms with Crippen LogP contribution >= 0.6 is 0 Å². The number of aromatic nitrogens is 2. The highest BCUT2D eigenvalue weighted by atomic mass is 16.3. The molecule has 2 saturated carbocycles. The zero-order valence-corrected chi connectivity index (χ0v) is 14.6. The summed E-state index contributed by atoms with van der Waals surface area (Å²) in [5.41, 5.74) is 4.24. The van der Waals surface area contributed by atoms with Gasteiger partial charge in [-0.1, -0.05) is 0 Å². The van der Waals surface area contributed by atoms with E-state index >= 15 is 0 Å². The number of hydrogen-bond donors (Lipinski definition) is 4. The number of nitriles is 1. The molecule has 1 amide bonds. The third-order valence-electron chi connectivity index (χ3n) is 5.36. The van der Waals surface area contributed by atoms with E-state index in [-0.39, 0.29) is 18.1 Å². The van der Waals surface area contributed by atoms with Gasteiger partial charge in [0.1, 0.15) is 0 Å². The number of aromatic amines is 1. The van der Waals surface area contributed by atoms with Gasteiger partial charge in [-0.25, -0.2) is 0 Å². The van der Waals surface area contributed by atoms with Gasteiger partial charge < -0.3 is 20.7 Å². The molecule has 2 aromatic heterocycles. The first-order valence-corrected chi connectivity index (χ1v) is 9.22. The first-order chi connectivity index (χ1) is 13.1. The van der Waals surface area contributed by atoms with E-state index in [9.17, 15) is 9.90 Å². The van der Waals surface area contributed by atoms with E-state index in [0.717, 1.165) is 40.5 Å². The van der Waals surface area contributed by atoms with E-state index < -0.39 is 0 Å². The average Bonchev–Trinajstić information content (AvgIpc) is 3.38. The fraction of sp³-hybridized carbons (Fsp3) is 0.350. The highest BCUT2D eigenvalue weighted by Crippen LogP contribution is 2.35. The molecule has 7 heteroatoms. The Bertz CT molecular complexity index is 1100. The van der Waals surface area contributed by atoms with E-state index in [4.69, 9.17) is 5.26 Å². The van der Waals surface area contributed by atoms with Crippen molar-refractivity contribution in [3.8, 4) is 6.07 Å². The van der Waals surface area contributed by atoms with Crippen LogP contribution in [0.1, 0.15) is 41.6 Å². The summed E-state index contributed by atoms with van der Waals surface area (Å²) in [7, 11) is 0. The summed E-state index contributed by atoms with van der Waals surface area (Å²) in [4.78, 5) is 20.7. The van der Waals surface area contributed by atoms with Gasteiger partial charge in [-0.15, -0.1) is 0 Å². The maximum atomic E-state index is 12.8. The van der Waals surface area contributed by atoms with E-state index in [1.54, 1.807) is 18.3 Å². The van der Waals surface area contributed by atoms with Crippen LogP contribution in [0.4, 0.5) is 5.69 Å². The predicted molar refractivity (Wildman–Crippen MR) is 101 cm³/mol. The van der Waals surface area contributed by atoms with Crippen molar-refractivity contribution in [2.45, 2.75) is 43.9 Å². The van der Waals surface area contributed by atoms with Gasteiger partial charge in [0.05, 0.1) is 40.0 Å². The number of carbonyl (C=O) groups excluding carboxylic acids is 1. The van der Waals surface area contributed by atoms with Crippen LogP contribution < -0.4 is 10.6 Å². The predicted octanol–water partition coefficient (Wildman–Crippen LogP) is 2.42. The molecule has 2 fully saturated rings. The smallest absolute Gasteiger partial charge is 0.255 e. The van der Waals surface area contributed by atoms with Crippen LogP contribution in [0.2, 0.25) is 0 Å². The lowest BCUT2D eigenvalue weighted by Crippen LogP contribution is -2.46. The number of nitrogens with one attached hydrogen (secondary N) is 3. The van der Waals surface area contributed by atoms with E-state index in [0.29, 0.717) is 30.0 Å². The van der Waals surface area contributed by atoms with Crippen molar-refractivity contribution >= 4 is 33.5 Å². The van der Waals surface area contributed by atoms with Crippen molar-refractivity contribution in [2.24, 2.45) is 0 Å². The number of carbonyl (C=O) groups is 1. The molecule has 136 valence electrons. The molecule has 7 nitrogen and oxygen atoms in total. The molecule has 0 radical (unpaired) electrons. The molecule has 2 heterocycles. The van der Waals surface area contributed by atoms with Crippen LogP contribution in [0.15, 0.2) is 24.4 Å². The number of fused-ring (bicyclic) bond motifs is 3. The van der Waals surface area contributed by atoms with Gasteiger partial charge in [-0.05, 0) is 43.9 Å². The number of aliphatic hydroxyl groups is 1. The molecule has 0 spiro atoms. The lowest BCUT2D eigenvalue weighted by Gasteiger charge is -2.32. The van der Waals surface area contributed by atoms with Crippen LogP contribution in [0.3, 0.4) is 0 Å². The van der Waals surface area contributed by atoms with Crippen molar-refractivity contribution in [1.29, 1.82) is 5.26 Å². The summed E-state index contributed by atoms with van der Waals surface area (Å²) in [5, 5.41) is 26.0. The number of H-pyrrole nitrogens is 1. The molecule has 0 unspecified atom stereocenters. The zero-order valence-electron chi connectivity index (χ0n) is 14.6. The van der Waals surface area contributed by atoms with Gasteiger partial charge in [0.25, 0.3) is 5.91 Å². The van der Waals surface area contributed by atoms with Crippen molar-refractivity contribution in [1.82, 2.24) is 15.3 Å². The monoisotopic (exact) mass is 361 g/mol. The van der Waals surface area contributed by atoms with Gasteiger partial charge in [0.2, 0.25) is 0 Å². The second-order valence-electron chi connectivity index (χ2n) is 7.48. The molecule has 2 aliphatic rings. The molecule has 3 aromatic rings. The summed E-state index contributed by atoms with van der Waals surface area (Å²) in [6.45, 7) is 0. The minimum absolute atomic E-state index is 0.0119. The van der Waals surface area contributed by atoms with E-state index in [2.05, 4.69) is 26.7 Å². The molecular formula is C20H19N5O2. The molecule has 0 bridgehead atoms. The standard InChI is InChI=1S/C20H19N5O2/c21-8-10-1-4-14-16(5-10)25-19-17(14)22-9-15(18(19)23-11-2-3-11)20(27)24-12-6-13(26)7-12/h1,4-5,9,11-13,25-26H,2-3,6-7H2,(H,22,23)(H,24,27). The van der Waals surface area contributed by atoms with Crippen LogP contribution in [-0.2, 0) is 0 Å². The van der Waals surface area contributed by atoms with Gasteiger partial charge in [-0.2, -0.15) is 5.26 Å². The third kappa shape index (κ3) is 2.78. The Morgan fingerprint density at radius 2 is 2.11 bits per heavy atom. The zero-order chi connectivity index (χ0) is 18.5. The van der Waals surface area contributed by atoms with Gasteiger partial charge in [-0.3, -0.25) is 9.78 Å². The quantitative estimate of drug-likeness (QED) is 0.570.